The maximum absolute atomic E-state index is 12.7. The van der Waals surface area contributed by atoms with Gasteiger partial charge in [0, 0.05) is 21.3 Å². The Hall–Kier alpha value is -2.19. The minimum atomic E-state index is -4.56. The van der Waals surface area contributed by atoms with Crippen LogP contribution in [0, 0.1) is 6.92 Å². The number of phenols is 1. The first-order chi connectivity index (χ1) is 11.2. The predicted molar refractivity (Wildman–Crippen MR) is 85.2 cm³/mol. The van der Waals surface area contributed by atoms with Gasteiger partial charge in [0.05, 0.1) is 12.0 Å². The lowest BCUT2D eigenvalue weighted by molar-refractivity contribution is -0.137. The zero-order valence-corrected chi connectivity index (χ0v) is 13.5. The molecule has 24 heavy (non-hydrogen) atoms. The average molecular weight is 356 g/mol. The van der Waals surface area contributed by atoms with Gasteiger partial charge in [0.2, 0.25) is 0 Å². The molecule has 0 saturated carbocycles. The summed E-state index contributed by atoms with van der Waals surface area (Å²) in [5, 5.41) is 15.6. The van der Waals surface area contributed by atoms with Crippen molar-refractivity contribution in [2.45, 2.75) is 24.4 Å². The molecule has 2 aromatic rings. The number of amides is 1. The molecule has 0 aliphatic carbocycles. The molecule has 4 nitrogen and oxygen atoms in total. The fraction of sp³-hybridized carbons (Fsp3) is 0.188. The van der Waals surface area contributed by atoms with E-state index in [-0.39, 0.29) is 17.5 Å². The molecule has 128 valence electrons. The van der Waals surface area contributed by atoms with Gasteiger partial charge >= 0.3 is 6.18 Å². The Bertz CT molecular complexity index is 767. The van der Waals surface area contributed by atoms with Crippen molar-refractivity contribution in [2.75, 3.05) is 0 Å². The van der Waals surface area contributed by atoms with Crippen molar-refractivity contribution in [1.82, 2.24) is 0 Å². The first-order valence-electron chi connectivity index (χ1n) is 6.86. The maximum Gasteiger partial charge on any atom is 0.416 e. The van der Waals surface area contributed by atoms with E-state index in [1.165, 1.54) is 6.92 Å². The minimum absolute atomic E-state index is 0.113. The van der Waals surface area contributed by atoms with E-state index in [0.29, 0.717) is 11.0 Å². The molecule has 1 atom stereocenters. The van der Waals surface area contributed by atoms with Crippen LogP contribution in [0.15, 0.2) is 51.7 Å². The lowest BCUT2D eigenvalue weighted by Gasteiger charge is -2.12. The molecule has 2 aromatic carbocycles. The number of carbonyl (C=O) groups excluding carboxylic acids is 1. The monoisotopic (exact) mass is 356 g/mol. The third-order valence-corrected chi connectivity index (χ3v) is 4.45. The van der Waals surface area contributed by atoms with Crippen molar-refractivity contribution >= 4 is 16.8 Å². The molecule has 1 unspecified atom stereocenters. The average Bonchev–Trinajstić information content (AvgIpc) is 2.50. The standard InChI is InChI=1S/C16H15F3N2O2S/c1-10-7-11(16(17,18)19)8-14(22)13(10)9-15(23)21-24(20)12-5-3-2-4-6-12/h2-8,22H,9H2,1H3,(H2,20,21,23). The van der Waals surface area contributed by atoms with Crippen molar-refractivity contribution in [3.63, 3.8) is 0 Å². The molecule has 0 spiro atoms. The van der Waals surface area contributed by atoms with Gasteiger partial charge in [-0.3, -0.25) is 9.93 Å². The second-order valence-corrected chi connectivity index (χ2v) is 6.36. The zero-order chi connectivity index (χ0) is 17.9. The van der Waals surface area contributed by atoms with Crippen molar-refractivity contribution in [2.24, 2.45) is 9.50 Å². The number of hydrogen-bond donors (Lipinski definition) is 2. The predicted octanol–water partition coefficient (Wildman–Crippen LogP) is 3.52. The molecule has 2 rings (SSSR count). The molecule has 8 heteroatoms. The van der Waals surface area contributed by atoms with Gasteiger partial charge in [-0.15, -0.1) is 0 Å². The fourth-order valence-corrected chi connectivity index (χ4v) is 2.92. The molecule has 0 aromatic heterocycles. The van der Waals surface area contributed by atoms with Crippen molar-refractivity contribution in [3.05, 3.63) is 59.2 Å². The zero-order valence-electron chi connectivity index (χ0n) is 12.7. The number of halogens is 3. The van der Waals surface area contributed by atoms with Crippen LogP contribution in [-0.4, -0.2) is 11.0 Å². The number of aryl methyl sites for hydroxylation is 1. The summed E-state index contributed by atoms with van der Waals surface area (Å²) in [6, 6.07) is 10.3. The highest BCUT2D eigenvalue weighted by Gasteiger charge is 2.32. The van der Waals surface area contributed by atoms with Gasteiger partial charge in [0.1, 0.15) is 5.75 Å². The number of nitrogens with two attached hydrogens (primary N) is 1. The van der Waals surface area contributed by atoms with Crippen molar-refractivity contribution in [3.8, 4) is 5.75 Å². The highest BCUT2D eigenvalue weighted by molar-refractivity contribution is 7.85. The normalized spacial score (nSPS) is 13.0. The van der Waals surface area contributed by atoms with E-state index in [9.17, 15) is 23.1 Å². The van der Waals surface area contributed by atoms with Gasteiger partial charge in [-0.1, -0.05) is 18.2 Å². The second-order valence-electron chi connectivity index (χ2n) is 5.08. The van der Waals surface area contributed by atoms with Crippen molar-refractivity contribution < 1.29 is 23.1 Å². The van der Waals surface area contributed by atoms with E-state index < -0.39 is 34.3 Å². The van der Waals surface area contributed by atoms with Crippen LogP contribution in [0.4, 0.5) is 13.2 Å². The van der Waals surface area contributed by atoms with Crippen LogP contribution in [0.1, 0.15) is 16.7 Å². The highest BCUT2D eigenvalue weighted by Crippen LogP contribution is 2.34. The fourth-order valence-electron chi connectivity index (χ4n) is 2.10. The van der Waals surface area contributed by atoms with E-state index in [4.69, 9.17) is 5.14 Å². The van der Waals surface area contributed by atoms with Gasteiger partial charge < -0.3 is 5.11 Å². The lowest BCUT2D eigenvalue weighted by Crippen LogP contribution is -2.10. The molecular weight excluding hydrogens is 341 g/mol. The Morgan fingerprint density at radius 2 is 1.88 bits per heavy atom. The van der Waals surface area contributed by atoms with E-state index in [1.54, 1.807) is 30.3 Å². The van der Waals surface area contributed by atoms with Gasteiger partial charge in [-0.25, -0.2) is 0 Å². The van der Waals surface area contributed by atoms with Crippen LogP contribution in [-0.2, 0) is 28.3 Å². The van der Waals surface area contributed by atoms with Crippen molar-refractivity contribution in [1.29, 1.82) is 0 Å². The third kappa shape index (κ3) is 4.42. The third-order valence-electron chi connectivity index (χ3n) is 3.29. The number of alkyl halides is 3. The van der Waals surface area contributed by atoms with Gasteiger partial charge in [-0.05, 0) is 36.8 Å². The molecule has 0 radical (unpaired) electrons. The summed E-state index contributed by atoms with van der Waals surface area (Å²) in [5.74, 6) is -1.19. The summed E-state index contributed by atoms with van der Waals surface area (Å²) in [4.78, 5) is 12.7. The number of carbonyl (C=O) groups is 1. The summed E-state index contributed by atoms with van der Waals surface area (Å²) in [5.41, 5.74) is -0.683. The Kier molecular flexibility index (Phi) is 5.40. The van der Waals surface area contributed by atoms with E-state index in [0.717, 1.165) is 6.07 Å². The number of rotatable bonds is 3. The summed E-state index contributed by atoms with van der Waals surface area (Å²) in [6.07, 6.45) is -4.88. The molecule has 3 N–H and O–H groups in total. The molecule has 0 bridgehead atoms. The number of aromatic hydroxyl groups is 1. The van der Waals surface area contributed by atoms with Crippen LogP contribution in [0.2, 0.25) is 0 Å². The van der Waals surface area contributed by atoms with E-state index >= 15 is 0 Å². The number of hydrogen-bond acceptors (Lipinski definition) is 2. The second kappa shape index (κ2) is 7.14. The topological polar surface area (TPSA) is 75.7 Å². The summed E-state index contributed by atoms with van der Waals surface area (Å²) >= 11 is 0. The Balaban J connectivity index is 2.24. The van der Waals surface area contributed by atoms with E-state index in [2.05, 4.69) is 4.36 Å². The molecule has 0 aliphatic rings. The largest absolute Gasteiger partial charge is 0.508 e. The molecule has 0 saturated heterocycles. The highest BCUT2D eigenvalue weighted by atomic mass is 32.2. The minimum Gasteiger partial charge on any atom is -0.508 e. The number of benzene rings is 2. The van der Waals surface area contributed by atoms with E-state index in [1.807, 2.05) is 0 Å². The number of phenolic OH excluding ortho intramolecular Hbond substituents is 1. The summed E-state index contributed by atoms with van der Waals surface area (Å²) in [7, 11) is -1.16. The Labute approximate surface area is 139 Å². The van der Waals surface area contributed by atoms with Crippen LogP contribution >= 0.6 is 0 Å². The van der Waals surface area contributed by atoms with Gasteiger partial charge in [-0.2, -0.15) is 17.5 Å². The molecule has 1 amide bonds. The quantitative estimate of drug-likeness (QED) is 0.883. The van der Waals surface area contributed by atoms with Gasteiger partial charge in [0.25, 0.3) is 5.91 Å². The molecule has 0 heterocycles. The SMILES string of the molecule is Cc1cc(C(F)(F)F)cc(O)c1CC(=O)N=S(N)c1ccccc1. The lowest BCUT2D eigenvalue weighted by atomic mass is 10.0. The van der Waals surface area contributed by atoms with Crippen LogP contribution < -0.4 is 5.14 Å². The first kappa shape index (κ1) is 18.2. The summed E-state index contributed by atoms with van der Waals surface area (Å²) < 4.78 is 41.9. The first-order valence-corrected chi connectivity index (χ1v) is 8.11. The molecular formula is C16H15F3N2O2S. The Morgan fingerprint density at radius 1 is 1.25 bits per heavy atom. The molecule has 0 aliphatic heterocycles. The van der Waals surface area contributed by atoms with Crippen LogP contribution in [0.5, 0.6) is 5.75 Å². The summed E-state index contributed by atoms with van der Waals surface area (Å²) in [6.45, 7) is 1.40. The maximum atomic E-state index is 12.7. The smallest absolute Gasteiger partial charge is 0.416 e. The van der Waals surface area contributed by atoms with Crippen LogP contribution in [0.3, 0.4) is 0 Å². The molecule has 0 fully saturated rings. The van der Waals surface area contributed by atoms with Gasteiger partial charge in [0.15, 0.2) is 0 Å². The Morgan fingerprint density at radius 3 is 2.42 bits per heavy atom. The number of nitrogens with zero attached hydrogens (tertiary/aromatic N) is 1. The van der Waals surface area contributed by atoms with Crippen LogP contribution in [0.25, 0.3) is 0 Å².